The molecule has 0 amide bonds. The molecular formula is C30H40N4O2Si. The number of carbonyl (C=O) groups is 1. The molecule has 3 aromatic rings. The molecule has 0 saturated carbocycles. The van der Waals surface area contributed by atoms with Crippen molar-refractivity contribution in [2.24, 2.45) is 11.3 Å². The SMILES string of the molecule is CC(C)(C)C(=O)c1cn(COCC[Si](C)(C)C)c2ncc(-c3cccc(N4CC5=CCCC5C4)c3)nc12. The number of aromatic nitrogens is 3. The highest BCUT2D eigenvalue weighted by atomic mass is 28.3. The first-order valence-corrected chi connectivity index (χ1v) is 17.2. The summed E-state index contributed by atoms with van der Waals surface area (Å²) in [6, 6.07) is 9.66. The van der Waals surface area contributed by atoms with Gasteiger partial charge >= 0.3 is 0 Å². The number of ketones is 1. The van der Waals surface area contributed by atoms with E-state index in [1.165, 1.54) is 18.5 Å². The van der Waals surface area contributed by atoms with Gasteiger partial charge in [-0.2, -0.15) is 0 Å². The highest BCUT2D eigenvalue weighted by molar-refractivity contribution is 6.76. The topological polar surface area (TPSA) is 60.3 Å². The summed E-state index contributed by atoms with van der Waals surface area (Å²) in [5, 5.41) is 0. The van der Waals surface area contributed by atoms with Crippen LogP contribution in [0.15, 0.2) is 48.3 Å². The number of hydrogen-bond acceptors (Lipinski definition) is 5. The van der Waals surface area contributed by atoms with Crippen molar-refractivity contribution in [1.82, 2.24) is 14.5 Å². The van der Waals surface area contributed by atoms with Crippen LogP contribution >= 0.6 is 0 Å². The van der Waals surface area contributed by atoms with Crippen molar-refractivity contribution in [2.75, 3.05) is 24.6 Å². The van der Waals surface area contributed by atoms with Crippen LogP contribution in [0.3, 0.4) is 0 Å². The third-order valence-electron chi connectivity index (χ3n) is 7.49. The average molecular weight is 517 g/mol. The molecule has 5 rings (SSSR count). The fraction of sp³-hybridized carbons (Fsp3) is 0.500. The smallest absolute Gasteiger partial charge is 0.171 e. The number of fused-ring (bicyclic) bond motifs is 2. The first kappa shape index (κ1) is 25.9. The molecule has 1 aliphatic heterocycles. The molecule has 1 aromatic carbocycles. The minimum atomic E-state index is -1.18. The van der Waals surface area contributed by atoms with Gasteiger partial charge in [-0.3, -0.25) is 4.79 Å². The maximum atomic E-state index is 13.4. The van der Waals surface area contributed by atoms with Crippen LogP contribution in [0.1, 0.15) is 44.0 Å². The van der Waals surface area contributed by atoms with E-state index in [4.69, 9.17) is 14.7 Å². The fourth-order valence-corrected chi connectivity index (χ4v) is 5.99. The number of Topliss-reactive ketones (excluding diaryl/α,β-unsaturated/α-hetero) is 1. The Hall–Kier alpha value is -2.77. The summed E-state index contributed by atoms with van der Waals surface area (Å²) in [4.78, 5) is 25.7. The van der Waals surface area contributed by atoms with Crippen LogP contribution in [-0.4, -0.2) is 48.1 Å². The van der Waals surface area contributed by atoms with Crippen molar-refractivity contribution in [3.8, 4) is 11.3 Å². The van der Waals surface area contributed by atoms with Gasteiger partial charge in [0.05, 0.1) is 17.5 Å². The molecule has 37 heavy (non-hydrogen) atoms. The molecule has 0 spiro atoms. The molecule has 0 radical (unpaired) electrons. The average Bonchev–Trinajstić information content (AvgIpc) is 3.54. The molecule has 2 aromatic heterocycles. The predicted octanol–water partition coefficient (Wildman–Crippen LogP) is 6.80. The van der Waals surface area contributed by atoms with Crippen LogP contribution in [0, 0.1) is 11.3 Å². The Labute approximate surface area is 221 Å². The van der Waals surface area contributed by atoms with E-state index in [0.717, 1.165) is 30.4 Å². The van der Waals surface area contributed by atoms with Crippen molar-refractivity contribution in [2.45, 2.75) is 66.0 Å². The Morgan fingerprint density at radius 1 is 1.22 bits per heavy atom. The molecule has 0 N–H and O–H groups in total. The molecule has 1 fully saturated rings. The van der Waals surface area contributed by atoms with E-state index < -0.39 is 13.5 Å². The zero-order valence-electron chi connectivity index (χ0n) is 23.2. The summed E-state index contributed by atoms with van der Waals surface area (Å²) in [6.45, 7) is 16.1. The van der Waals surface area contributed by atoms with Crippen LogP contribution in [0.2, 0.25) is 25.7 Å². The van der Waals surface area contributed by atoms with Crippen molar-refractivity contribution in [1.29, 1.82) is 0 Å². The lowest BCUT2D eigenvalue weighted by molar-refractivity contribution is 0.0849. The second kappa shape index (κ2) is 9.84. The minimum Gasteiger partial charge on any atom is -0.367 e. The second-order valence-corrected chi connectivity index (χ2v) is 18.5. The summed E-state index contributed by atoms with van der Waals surface area (Å²) in [6.07, 6.45) is 8.62. The maximum absolute atomic E-state index is 13.4. The zero-order valence-corrected chi connectivity index (χ0v) is 24.2. The fourth-order valence-electron chi connectivity index (χ4n) is 5.23. The molecule has 6 nitrogen and oxygen atoms in total. The van der Waals surface area contributed by atoms with E-state index in [1.54, 1.807) is 5.57 Å². The van der Waals surface area contributed by atoms with Gasteiger partial charge in [-0.15, -0.1) is 0 Å². The second-order valence-electron chi connectivity index (χ2n) is 12.9. The zero-order chi connectivity index (χ0) is 26.4. The van der Waals surface area contributed by atoms with Gasteiger partial charge in [0, 0.05) is 50.6 Å². The molecular weight excluding hydrogens is 476 g/mol. The lowest BCUT2D eigenvalue weighted by Crippen LogP contribution is -2.22. The molecule has 1 aliphatic carbocycles. The highest BCUT2D eigenvalue weighted by Gasteiger charge is 2.30. The monoisotopic (exact) mass is 516 g/mol. The molecule has 2 aliphatic rings. The van der Waals surface area contributed by atoms with Crippen molar-refractivity contribution in [3.05, 3.63) is 53.9 Å². The summed E-state index contributed by atoms with van der Waals surface area (Å²) < 4.78 is 7.94. The molecule has 1 atom stereocenters. The Kier molecular flexibility index (Phi) is 6.88. The third-order valence-corrected chi connectivity index (χ3v) is 9.19. The first-order chi connectivity index (χ1) is 17.5. The summed E-state index contributed by atoms with van der Waals surface area (Å²) in [5.74, 6) is 0.772. The van der Waals surface area contributed by atoms with Crippen LogP contribution in [0.5, 0.6) is 0 Å². The van der Waals surface area contributed by atoms with Gasteiger partial charge in [-0.1, -0.05) is 64.2 Å². The van der Waals surface area contributed by atoms with E-state index in [9.17, 15) is 4.79 Å². The number of ether oxygens (including phenoxy) is 1. The normalized spacial score (nSPS) is 17.9. The first-order valence-electron chi connectivity index (χ1n) is 13.5. The molecule has 1 saturated heterocycles. The summed E-state index contributed by atoms with van der Waals surface area (Å²) in [5.41, 5.74) is 6.05. The Morgan fingerprint density at radius 2 is 2.03 bits per heavy atom. The summed E-state index contributed by atoms with van der Waals surface area (Å²) >= 11 is 0. The van der Waals surface area contributed by atoms with Crippen molar-refractivity contribution < 1.29 is 9.53 Å². The lowest BCUT2D eigenvalue weighted by Gasteiger charge is -2.19. The number of carbonyl (C=O) groups excluding carboxylic acids is 1. The molecule has 7 heteroatoms. The van der Waals surface area contributed by atoms with E-state index in [1.807, 2.05) is 37.7 Å². The quantitative estimate of drug-likeness (QED) is 0.143. The van der Waals surface area contributed by atoms with Gasteiger partial charge < -0.3 is 14.2 Å². The van der Waals surface area contributed by atoms with Gasteiger partial charge in [0.2, 0.25) is 0 Å². The van der Waals surface area contributed by atoms with Crippen LogP contribution in [0.4, 0.5) is 5.69 Å². The van der Waals surface area contributed by atoms with E-state index in [2.05, 4.69) is 54.9 Å². The minimum absolute atomic E-state index is 0.0652. The number of nitrogens with zero attached hydrogens (tertiary/aromatic N) is 4. The van der Waals surface area contributed by atoms with Gasteiger partial charge in [0.15, 0.2) is 11.4 Å². The van der Waals surface area contributed by atoms with Gasteiger partial charge in [0.1, 0.15) is 12.2 Å². The Balaban J connectivity index is 1.46. The molecule has 3 heterocycles. The molecule has 196 valence electrons. The Morgan fingerprint density at radius 3 is 2.76 bits per heavy atom. The number of anilines is 1. The van der Waals surface area contributed by atoms with Gasteiger partial charge in [0.25, 0.3) is 0 Å². The van der Waals surface area contributed by atoms with Crippen molar-refractivity contribution >= 4 is 30.7 Å². The molecule has 1 unspecified atom stereocenters. The number of benzene rings is 1. The number of rotatable bonds is 8. The van der Waals surface area contributed by atoms with E-state index >= 15 is 0 Å². The van der Waals surface area contributed by atoms with E-state index in [-0.39, 0.29) is 5.78 Å². The van der Waals surface area contributed by atoms with Gasteiger partial charge in [-0.05, 0) is 36.9 Å². The van der Waals surface area contributed by atoms with Gasteiger partial charge in [-0.25, -0.2) is 9.97 Å². The summed E-state index contributed by atoms with van der Waals surface area (Å²) in [7, 11) is -1.18. The largest absolute Gasteiger partial charge is 0.367 e. The third kappa shape index (κ3) is 5.58. The standard InChI is InChI=1S/C30H40N4O2Si/c1-30(2,3)28(35)25-19-34(20-36-13-14-37(4,5)6)29-27(25)32-26(16-31-29)21-9-8-12-24(15-21)33-17-22-10-7-11-23(22)18-33/h8-10,12,15-16,19,23H,7,11,13-14,17-18,20H2,1-6H3. The Bertz CT molecular complexity index is 1350. The predicted molar refractivity (Wildman–Crippen MR) is 154 cm³/mol. The van der Waals surface area contributed by atoms with E-state index in [0.29, 0.717) is 36.0 Å². The highest BCUT2D eigenvalue weighted by Crippen LogP contribution is 2.36. The number of hydrogen-bond donors (Lipinski definition) is 0. The van der Waals surface area contributed by atoms with Crippen molar-refractivity contribution in [3.63, 3.8) is 0 Å². The lowest BCUT2D eigenvalue weighted by atomic mass is 9.87. The van der Waals surface area contributed by atoms with Crippen LogP contribution in [-0.2, 0) is 11.5 Å². The molecule has 0 bridgehead atoms. The van der Waals surface area contributed by atoms with Crippen LogP contribution in [0.25, 0.3) is 22.4 Å². The number of allylic oxidation sites excluding steroid dienone is 1. The maximum Gasteiger partial charge on any atom is 0.171 e. The van der Waals surface area contributed by atoms with Crippen LogP contribution < -0.4 is 4.90 Å².